The maximum atomic E-state index is 8.75. The first kappa shape index (κ1) is 7.09. The highest BCUT2D eigenvalue weighted by Crippen LogP contribution is 2.79. The number of hydrogen-bond donors (Lipinski definition) is 0. The second-order valence-electron chi connectivity index (χ2n) is 2.62. The fourth-order valence-electron chi connectivity index (χ4n) is 0.976. The summed E-state index contributed by atoms with van der Waals surface area (Å²) in [6.07, 6.45) is 1.78. The monoisotopic (exact) mass is 182 g/mol. The largest absolute Gasteiger partial charge is 0.216 e. The van der Waals surface area contributed by atoms with E-state index in [0.29, 0.717) is 0 Å². The van der Waals surface area contributed by atoms with Crippen molar-refractivity contribution in [2.24, 2.45) is 0 Å². The first-order chi connectivity index (χ1) is 5.24. The topological polar surface area (TPSA) is 47.6 Å². The Morgan fingerprint density at radius 1 is 1.36 bits per heavy atom. The molecule has 11 heavy (non-hydrogen) atoms. The van der Waals surface area contributed by atoms with Gasteiger partial charge >= 0.3 is 0 Å². The average Bonchev–Trinajstić information content (AvgIpc) is 2.66. The minimum atomic E-state index is -0.841. The van der Waals surface area contributed by atoms with Gasteiger partial charge < -0.3 is 0 Å². The molecular weight excluding hydrogens is 176 g/mol. The second kappa shape index (κ2) is 1.97. The minimum absolute atomic E-state index is 0.637. The fourth-order valence-corrected chi connectivity index (χ4v) is 6.79. The van der Waals surface area contributed by atoms with Crippen molar-refractivity contribution in [2.45, 2.75) is 4.75 Å². The van der Waals surface area contributed by atoms with Crippen LogP contribution in [0.2, 0.25) is 0 Å². The third-order valence-electron chi connectivity index (χ3n) is 1.79. The van der Waals surface area contributed by atoms with Crippen LogP contribution in [0.1, 0.15) is 0 Å². The molecule has 0 aromatic carbocycles. The molecule has 0 aliphatic carbocycles. The molecule has 0 atom stereocenters. The lowest BCUT2D eigenvalue weighted by Crippen LogP contribution is -2.11. The van der Waals surface area contributed by atoms with Gasteiger partial charge in [-0.05, 0) is 23.0 Å². The van der Waals surface area contributed by atoms with Crippen LogP contribution in [0.15, 0.2) is 11.5 Å². The zero-order valence-corrected chi connectivity index (χ0v) is 7.41. The van der Waals surface area contributed by atoms with Crippen LogP contribution in [0.5, 0.6) is 0 Å². The van der Waals surface area contributed by atoms with Crippen LogP contribution in [0.25, 0.3) is 0 Å². The van der Waals surface area contributed by atoms with Gasteiger partial charge in [-0.15, -0.1) is 0 Å². The molecule has 4 heteroatoms. The van der Waals surface area contributed by atoms with E-state index in [4.69, 9.17) is 10.5 Å². The molecule has 56 valence electrons. The number of hydrogen-bond acceptors (Lipinski definition) is 3. The van der Waals surface area contributed by atoms with E-state index in [9.17, 15) is 0 Å². The van der Waals surface area contributed by atoms with Crippen molar-refractivity contribution in [1.82, 2.24) is 0 Å². The molecule has 2 aliphatic heterocycles. The van der Waals surface area contributed by atoms with E-state index in [0.717, 1.165) is 0 Å². The van der Waals surface area contributed by atoms with Gasteiger partial charge in [-0.2, -0.15) is 19.6 Å². The molecule has 1 saturated heterocycles. The summed E-state index contributed by atoms with van der Waals surface area (Å²) in [5.41, 5.74) is 0. The normalized spacial score (nSPS) is 30.7. The molecule has 0 amide bonds. The zero-order valence-electron chi connectivity index (χ0n) is 5.78. The Kier molecular flexibility index (Phi) is 1.27. The minimum Gasteiger partial charge on any atom is -0.195 e. The number of rotatable bonds is 0. The van der Waals surface area contributed by atoms with Gasteiger partial charge in [0.15, 0.2) is 0 Å². The highest BCUT2D eigenvalue weighted by molar-refractivity contribution is 8.99. The van der Waals surface area contributed by atoms with E-state index in [2.05, 4.69) is 17.5 Å². The van der Waals surface area contributed by atoms with Crippen LogP contribution in [0.4, 0.5) is 0 Å². The Bertz CT molecular complexity index is 289. The Hall–Kier alpha value is -0.580. The smallest absolute Gasteiger partial charge is 0.195 e. The van der Waals surface area contributed by atoms with Gasteiger partial charge in [0.2, 0.25) is 4.75 Å². The van der Waals surface area contributed by atoms with Gasteiger partial charge in [-0.25, -0.2) is 0 Å². The molecule has 2 nitrogen and oxygen atoms in total. The highest BCUT2D eigenvalue weighted by atomic mass is 33.2. The summed E-state index contributed by atoms with van der Waals surface area (Å²) < 4.78 is -0.841. The highest BCUT2D eigenvalue weighted by Gasteiger charge is 2.49. The van der Waals surface area contributed by atoms with Crippen LogP contribution in [-0.2, 0) is 0 Å². The summed E-state index contributed by atoms with van der Waals surface area (Å²) in [6.45, 7) is 0. The summed E-state index contributed by atoms with van der Waals surface area (Å²) >= 11 is 0. The second-order valence-corrected chi connectivity index (χ2v) is 8.75. The lowest BCUT2D eigenvalue weighted by molar-refractivity contribution is 1.17. The Labute approximate surface area is 70.6 Å². The van der Waals surface area contributed by atoms with Crippen molar-refractivity contribution in [3.63, 3.8) is 0 Å². The maximum Gasteiger partial charge on any atom is 0.216 e. The van der Waals surface area contributed by atoms with Crippen LogP contribution in [-0.4, -0.2) is 16.3 Å². The zero-order chi connectivity index (χ0) is 7.95. The summed E-state index contributed by atoms with van der Waals surface area (Å²) in [6, 6.07) is 4.12. The van der Waals surface area contributed by atoms with Gasteiger partial charge in [-0.3, -0.25) is 0 Å². The Balaban J connectivity index is 2.29. The van der Waals surface area contributed by atoms with Gasteiger partial charge in [0.05, 0.1) is 0 Å². The van der Waals surface area contributed by atoms with Gasteiger partial charge in [0.1, 0.15) is 12.1 Å². The molecule has 0 saturated carbocycles. The SMILES string of the molecule is N#CC1(C#N)C=CS2(CC2)S1. The van der Waals surface area contributed by atoms with Crippen LogP contribution >= 0.6 is 19.9 Å². The molecule has 0 bridgehead atoms. The molecule has 2 aliphatic rings. The van der Waals surface area contributed by atoms with Crippen molar-refractivity contribution < 1.29 is 0 Å². The quantitative estimate of drug-likeness (QED) is 0.423. The first-order valence-corrected chi connectivity index (χ1v) is 6.62. The van der Waals surface area contributed by atoms with Gasteiger partial charge in [0, 0.05) is 0 Å². The summed E-state index contributed by atoms with van der Waals surface area (Å²) in [5.74, 6) is 2.42. The van der Waals surface area contributed by atoms with Crippen molar-refractivity contribution in [3.8, 4) is 12.1 Å². The summed E-state index contributed by atoms with van der Waals surface area (Å²) in [5, 5.41) is 19.6. The standard InChI is InChI=1S/C7H6N2S2/c8-5-7(6-9)1-2-11(10-7)3-4-11/h1-2H,3-4H2. The third kappa shape index (κ3) is 0.946. The predicted octanol–water partition coefficient (Wildman–Crippen LogP) is 1.77. The lowest BCUT2D eigenvalue weighted by Gasteiger charge is -2.12. The van der Waals surface area contributed by atoms with E-state index in [-0.39, 0.29) is 0 Å². The molecule has 2 heterocycles. The summed E-state index contributed by atoms with van der Waals surface area (Å²) in [7, 11) is 0.939. The van der Waals surface area contributed by atoms with Crippen molar-refractivity contribution in [2.75, 3.05) is 11.5 Å². The maximum absolute atomic E-state index is 8.75. The van der Waals surface area contributed by atoms with E-state index >= 15 is 0 Å². The lowest BCUT2D eigenvalue weighted by atomic mass is 10.2. The van der Waals surface area contributed by atoms with Crippen LogP contribution in [0.3, 0.4) is 0 Å². The molecule has 1 spiro atoms. The molecule has 0 aromatic rings. The molecule has 0 unspecified atom stereocenters. The van der Waals surface area contributed by atoms with Gasteiger partial charge in [-0.1, -0.05) is 10.8 Å². The predicted molar refractivity (Wildman–Crippen MR) is 48.0 cm³/mol. The third-order valence-corrected chi connectivity index (χ3v) is 7.66. The Morgan fingerprint density at radius 2 is 2.00 bits per heavy atom. The average molecular weight is 182 g/mol. The van der Waals surface area contributed by atoms with Crippen molar-refractivity contribution in [3.05, 3.63) is 11.5 Å². The summed E-state index contributed by atoms with van der Waals surface area (Å²) in [4.78, 5) is 0. The first-order valence-electron chi connectivity index (χ1n) is 3.25. The van der Waals surface area contributed by atoms with E-state index < -0.39 is 13.8 Å². The molecule has 1 fully saturated rings. The van der Waals surface area contributed by atoms with Crippen molar-refractivity contribution in [1.29, 1.82) is 10.5 Å². The van der Waals surface area contributed by atoms with Crippen molar-refractivity contribution >= 4 is 19.9 Å². The van der Waals surface area contributed by atoms with Crippen LogP contribution in [0, 0.1) is 22.7 Å². The fraction of sp³-hybridized carbons (Fsp3) is 0.429. The molecule has 0 aromatic heterocycles. The number of nitrogens with zero attached hydrogens (tertiary/aromatic N) is 2. The molecular formula is C7H6N2S2. The molecule has 2 rings (SSSR count). The van der Waals surface area contributed by atoms with E-state index in [1.165, 1.54) is 11.5 Å². The number of nitriles is 2. The Morgan fingerprint density at radius 3 is 2.27 bits per heavy atom. The van der Waals surface area contributed by atoms with E-state index in [1.807, 2.05) is 0 Å². The van der Waals surface area contributed by atoms with Crippen LogP contribution < -0.4 is 0 Å². The molecule has 0 N–H and O–H groups in total. The molecule has 0 radical (unpaired) electrons. The van der Waals surface area contributed by atoms with E-state index in [1.54, 1.807) is 16.9 Å². The van der Waals surface area contributed by atoms with Gasteiger partial charge in [0.25, 0.3) is 0 Å².